The van der Waals surface area contributed by atoms with Crippen LogP contribution in [0.1, 0.15) is 6.42 Å². The Kier molecular flexibility index (Phi) is 4.03. The first-order valence-electron chi connectivity index (χ1n) is 6.69. The fourth-order valence-corrected chi connectivity index (χ4v) is 3.27. The van der Waals surface area contributed by atoms with Crippen LogP contribution in [0.15, 0.2) is 18.2 Å². The van der Waals surface area contributed by atoms with Crippen LogP contribution in [0, 0.1) is 0 Å². The molecule has 2 amide bonds. The molecule has 1 aromatic carbocycles. The summed E-state index contributed by atoms with van der Waals surface area (Å²) in [6, 6.07) is 5.05. The summed E-state index contributed by atoms with van der Waals surface area (Å²) in [5.74, 6) is 1.14. The monoisotopic (exact) mass is 309 g/mol. The van der Waals surface area contributed by atoms with Gasteiger partial charge in [0.1, 0.15) is 13.2 Å². The Balaban J connectivity index is 1.83. The van der Waals surface area contributed by atoms with Gasteiger partial charge in [-0.3, -0.25) is 9.59 Å². The van der Waals surface area contributed by atoms with Gasteiger partial charge in [-0.2, -0.15) is 0 Å². The van der Waals surface area contributed by atoms with Gasteiger partial charge in [-0.25, -0.2) is 4.90 Å². The van der Waals surface area contributed by atoms with Crippen LogP contribution in [0.4, 0.5) is 5.69 Å². The van der Waals surface area contributed by atoms with Gasteiger partial charge in [0.25, 0.3) is 0 Å². The second kappa shape index (κ2) is 5.95. The largest absolute Gasteiger partial charge is 0.486 e. The van der Waals surface area contributed by atoms with Crippen LogP contribution in [0.2, 0.25) is 0 Å². The van der Waals surface area contributed by atoms with E-state index in [0.717, 1.165) is 0 Å². The highest BCUT2D eigenvalue weighted by molar-refractivity contribution is 8.00. The molecule has 0 saturated carbocycles. The lowest BCUT2D eigenvalue weighted by Crippen LogP contribution is -2.31. The molecule has 3 rings (SSSR count). The van der Waals surface area contributed by atoms with E-state index in [1.165, 1.54) is 16.7 Å². The van der Waals surface area contributed by atoms with Crippen LogP contribution < -0.4 is 14.4 Å². The van der Waals surface area contributed by atoms with Crippen molar-refractivity contribution in [3.8, 4) is 11.5 Å². The zero-order valence-electron chi connectivity index (χ0n) is 11.3. The molecule has 0 spiro atoms. The minimum absolute atomic E-state index is 0.00728. The molecule has 1 unspecified atom stereocenters. The highest BCUT2D eigenvalue weighted by Gasteiger charge is 2.40. The Bertz CT molecular complexity index is 576. The van der Waals surface area contributed by atoms with E-state index in [4.69, 9.17) is 14.6 Å². The maximum Gasteiger partial charge on any atom is 0.247 e. The molecule has 1 saturated heterocycles. The van der Waals surface area contributed by atoms with Crippen molar-refractivity contribution in [3.63, 3.8) is 0 Å². The fourth-order valence-electron chi connectivity index (χ4n) is 2.37. The van der Waals surface area contributed by atoms with E-state index in [2.05, 4.69) is 0 Å². The molecule has 2 aliphatic rings. The van der Waals surface area contributed by atoms with Crippen LogP contribution in [0.3, 0.4) is 0 Å². The van der Waals surface area contributed by atoms with Crippen molar-refractivity contribution in [2.45, 2.75) is 11.7 Å². The molecule has 2 heterocycles. The third-order valence-corrected chi connectivity index (χ3v) is 4.49. The van der Waals surface area contributed by atoms with Crippen LogP contribution in [0.25, 0.3) is 0 Å². The van der Waals surface area contributed by atoms with Gasteiger partial charge >= 0.3 is 0 Å². The number of benzene rings is 1. The van der Waals surface area contributed by atoms with Crippen molar-refractivity contribution in [1.82, 2.24) is 0 Å². The van der Waals surface area contributed by atoms with Crippen molar-refractivity contribution in [2.75, 3.05) is 30.5 Å². The molecule has 0 aromatic heterocycles. The van der Waals surface area contributed by atoms with Gasteiger partial charge in [-0.15, -0.1) is 11.8 Å². The fraction of sp³-hybridized carbons (Fsp3) is 0.429. The van der Waals surface area contributed by atoms with Crippen LogP contribution in [-0.4, -0.2) is 47.7 Å². The number of imide groups is 1. The smallest absolute Gasteiger partial charge is 0.247 e. The highest BCUT2D eigenvalue weighted by atomic mass is 32.2. The van der Waals surface area contributed by atoms with Gasteiger partial charge in [0, 0.05) is 18.2 Å². The molecular weight excluding hydrogens is 294 g/mol. The Labute approximate surface area is 126 Å². The average molecular weight is 309 g/mol. The average Bonchev–Trinajstić information content (AvgIpc) is 2.79. The molecule has 1 atom stereocenters. The Morgan fingerprint density at radius 3 is 2.76 bits per heavy atom. The SMILES string of the molecule is O=C1CC(SCCO)C(=O)N1c1ccc2c(c1)OCCO2. The van der Waals surface area contributed by atoms with Crippen molar-refractivity contribution in [3.05, 3.63) is 18.2 Å². The molecule has 112 valence electrons. The molecule has 0 aliphatic carbocycles. The summed E-state index contributed by atoms with van der Waals surface area (Å²) in [4.78, 5) is 25.6. The molecule has 1 N–H and O–H groups in total. The lowest BCUT2D eigenvalue weighted by molar-refractivity contribution is -0.121. The molecule has 0 bridgehead atoms. The molecule has 1 fully saturated rings. The van der Waals surface area contributed by atoms with Crippen LogP contribution in [-0.2, 0) is 9.59 Å². The maximum absolute atomic E-state index is 12.3. The second-order valence-electron chi connectivity index (χ2n) is 4.68. The number of hydrogen-bond acceptors (Lipinski definition) is 6. The number of carbonyl (C=O) groups is 2. The number of carbonyl (C=O) groups excluding carboxylic acids is 2. The summed E-state index contributed by atoms with van der Waals surface area (Å²) in [6.45, 7) is 0.938. The number of hydrogen-bond donors (Lipinski definition) is 1. The van der Waals surface area contributed by atoms with Crippen molar-refractivity contribution < 1.29 is 24.2 Å². The Morgan fingerprint density at radius 1 is 1.24 bits per heavy atom. The predicted molar refractivity (Wildman–Crippen MR) is 77.9 cm³/mol. The van der Waals surface area contributed by atoms with E-state index < -0.39 is 5.25 Å². The van der Waals surface area contributed by atoms with Gasteiger partial charge in [-0.1, -0.05) is 0 Å². The highest BCUT2D eigenvalue weighted by Crippen LogP contribution is 2.36. The number of fused-ring (bicyclic) bond motifs is 1. The summed E-state index contributed by atoms with van der Waals surface area (Å²) in [6.07, 6.45) is 0.165. The minimum atomic E-state index is -0.419. The van der Waals surface area contributed by atoms with Crippen LogP contribution >= 0.6 is 11.8 Å². The number of nitrogens with zero attached hydrogens (tertiary/aromatic N) is 1. The summed E-state index contributed by atoms with van der Waals surface area (Å²) >= 11 is 1.31. The third-order valence-electron chi connectivity index (χ3n) is 3.30. The lowest BCUT2D eigenvalue weighted by Gasteiger charge is -2.21. The molecule has 1 aromatic rings. The summed E-state index contributed by atoms with van der Waals surface area (Å²) in [5.41, 5.74) is 0.501. The molecule has 7 heteroatoms. The van der Waals surface area contributed by atoms with E-state index in [1.54, 1.807) is 18.2 Å². The number of anilines is 1. The van der Waals surface area contributed by atoms with E-state index in [-0.39, 0.29) is 24.8 Å². The predicted octanol–water partition coefficient (Wildman–Crippen LogP) is 0.815. The number of amides is 2. The van der Waals surface area contributed by atoms with E-state index in [1.807, 2.05) is 0 Å². The zero-order chi connectivity index (χ0) is 14.8. The van der Waals surface area contributed by atoms with Crippen molar-refractivity contribution in [2.24, 2.45) is 0 Å². The number of aliphatic hydroxyl groups excluding tert-OH is 1. The van der Waals surface area contributed by atoms with E-state index in [9.17, 15) is 9.59 Å². The van der Waals surface area contributed by atoms with E-state index in [0.29, 0.717) is 36.2 Å². The van der Waals surface area contributed by atoms with Gasteiger partial charge < -0.3 is 14.6 Å². The first-order valence-corrected chi connectivity index (χ1v) is 7.74. The van der Waals surface area contributed by atoms with E-state index >= 15 is 0 Å². The molecule has 2 aliphatic heterocycles. The molecular formula is C14H15NO5S. The Hall–Kier alpha value is -1.73. The van der Waals surface area contributed by atoms with Gasteiger partial charge in [-0.05, 0) is 12.1 Å². The van der Waals surface area contributed by atoms with Crippen LogP contribution in [0.5, 0.6) is 11.5 Å². The normalized spacial score (nSPS) is 21.0. The third kappa shape index (κ3) is 2.71. The Morgan fingerprint density at radius 2 is 2.00 bits per heavy atom. The number of thioether (sulfide) groups is 1. The van der Waals surface area contributed by atoms with Gasteiger partial charge in [0.2, 0.25) is 11.8 Å². The first-order chi connectivity index (χ1) is 10.2. The summed E-state index contributed by atoms with van der Waals surface area (Å²) < 4.78 is 10.9. The topological polar surface area (TPSA) is 76.1 Å². The number of aliphatic hydroxyl groups is 1. The molecule has 0 radical (unpaired) electrons. The minimum Gasteiger partial charge on any atom is -0.486 e. The summed E-state index contributed by atoms with van der Waals surface area (Å²) in [5, 5.41) is 8.41. The number of rotatable bonds is 4. The lowest BCUT2D eigenvalue weighted by atomic mass is 10.2. The first kappa shape index (κ1) is 14.2. The van der Waals surface area contributed by atoms with Gasteiger partial charge in [0.15, 0.2) is 11.5 Å². The molecule has 21 heavy (non-hydrogen) atoms. The standard InChI is InChI=1S/C14H15NO5S/c16-3-6-21-12-8-13(17)15(14(12)18)9-1-2-10-11(7-9)20-5-4-19-10/h1-2,7,12,16H,3-6,8H2. The zero-order valence-corrected chi connectivity index (χ0v) is 12.1. The maximum atomic E-state index is 12.3. The quantitative estimate of drug-likeness (QED) is 0.830. The van der Waals surface area contributed by atoms with Crippen molar-refractivity contribution in [1.29, 1.82) is 0 Å². The number of ether oxygens (including phenoxy) is 2. The second-order valence-corrected chi connectivity index (χ2v) is 5.99. The van der Waals surface area contributed by atoms with Gasteiger partial charge in [0.05, 0.1) is 17.5 Å². The summed E-state index contributed by atoms with van der Waals surface area (Å²) in [7, 11) is 0. The molecule has 6 nitrogen and oxygen atoms in total. The van der Waals surface area contributed by atoms with Crippen molar-refractivity contribution >= 4 is 29.3 Å².